The molecule has 2 fully saturated rings. The summed E-state index contributed by atoms with van der Waals surface area (Å²) < 4.78 is 0. The highest BCUT2D eigenvalue weighted by molar-refractivity contribution is 5.38. The van der Waals surface area contributed by atoms with Crippen LogP contribution in [0.5, 0.6) is 0 Å². The molecule has 5 nitrogen and oxygen atoms in total. The van der Waals surface area contributed by atoms with Crippen molar-refractivity contribution in [3.05, 3.63) is 35.4 Å². The lowest BCUT2D eigenvalue weighted by molar-refractivity contribution is 0.00475. The molecule has 0 saturated heterocycles. The molecule has 0 spiro atoms. The van der Waals surface area contributed by atoms with Crippen LogP contribution in [0, 0.1) is 11.3 Å². The van der Waals surface area contributed by atoms with Crippen LogP contribution in [0.3, 0.4) is 0 Å². The fourth-order valence-corrected chi connectivity index (χ4v) is 5.80. The molecule has 0 amide bonds. The molecule has 0 bridgehead atoms. The van der Waals surface area contributed by atoms with Gasteiger partial charge in [-0.3, -0.25) is 0 Å². The van der Waals surface area contributed by atoms with Gasteiger partial charge in [-0.2, -0.15) is 0 Å². The molecule has 3 aliphatic carbocycles. The van der Waals surface area contributed by atoms with Crippen LogP contribution in [0.25, 0.3) is 0 Å². The lowest BCUT2D eigenvalue weighted by Crippen LogP contribution is -2.46. The van der Waals surface area contributed by atoms with Crippen LogP contribution in [-0.4, -0.2) is 47.2 Å². The lowest BCUT2D eigenvalue weighted by Gasteiger charge is -2.42. The highest BCUT2D eigenvalue weighted by atomic mass is 16.3. The van der Waals surface area contributed by atoms with Crippen LogP contribution in [0.1, 0.15) is 55.4 Å². The van der Waals surface area contributed by atoms with E-state index in [9.17, 15) is 15.3 Å². The number of hydrogen-bond donors (Lipinski definition) is 5. The fourth-order valence-electron chi connectivity index (χ4n) is 5.80. The fraction of sp³-hybridized carbons (Fsp3) is 0.700. The summed E-state index contributed by atoms with van der Waals surface area (Å²) in [7, 11) is 1.94. The Morgan fingerprint density at radius 1 is 1.12 bits per heavy atom. The Balaban J connectivity index is 1.54. The average Bonchev–Trinajstić information content (AvgIpc) is 3.05. The van der Waals surface area contributed by atoms with Crippen molar-refractivity contribution in [2.75, 3.05) is 13.6 Å². The Kier molecular flexibility index (Phi) is 4.63. The number of aliphatic hydroxyl groups excluding tert-OH is 3. The summed E-state index contributed by atoms with van der Waals surface area (Å²) in [6.07, 6.45) is 3.56. The van der Waals surface area contributed by atoms with E-state index in [0.717, 1.165) is 36.9 Å². The van der Waals surface area contributed by atoms with Crippen molar-refractivity contribution >= 4 is 0 Å². The summed E-state index contributed by atoms with van der Waals surface area (Å²) in [6, 6.07) is 7.65. The van der Waals surface area contributed by atoms with E-state index in [0.29, 0.717) is 5.92 Å². The highest BCUT2D eigenvalue weighted by Crippen LogP contribution is 2.52. The van der Waals surface area contributed by atoms with E-state index in [2.05, 4.69) is 10.6 Å². The van der Waals surface area contributed by atoms with Crippen molar-refractivity contribution < 1.29 is 15.3 Å². The quantitative estimate of drug-likeness (QED) is 0.567. The van der Waals surface area contributed by atoms with Gasteiger partial charge in [-0.15, -0.1) is 0 Å². The molecule has 1 aromatic carbocycles. The molecule has 5 N–H and O–H groups in total. The van der Waals surface area contributed by atoms with Crippen molar-refractivity contribution in [2.24, 2.45) is 11.3 Å². The zero-order valence-electron chi connectivity index (χ0n) is 14.9. The number of nitrogens with one attached hydrogen (secondary N) is 2. The van der Waals surface area contributed by atoms with Crippen LogP contribution in [0.15, 0.2) is 24.3 Å². The Hall–Kier alpha value is -0.980. The van der Waals surface area contributed by atoms with E-state index in [1.807, 2.05) is 31.3 Å². The molecule has 0 aromatic heterocycles. The van der Waals surface area contributed by atoms with Gasteiger partial charge in [0.2, 0.25) is 0 Å². The first-order valence-corrected chi connectivity index (χ1v) is 9.61. The SMILES string of the molecule is CNC1C2CCCCC2(CN[C@H]2c3ccccc3[C@@H](O)[C@H]2O)C[C@H]1O. The third-order valence-corrected chi connectivity index (χ3v) is 7.01. The molecule has 0 aliphatic heterocycles. The summed E-state index contributed by atoms with van der Waals surface area (Å²) >= 11 is 0. The monoisotopic (exact) mass is 346 g/mol. The van der Waals surface area contributed by atoms with E-state index in [1.165, 1.54) is 12.8 Å². The van der Waals surface area contributed by atoms with Gasteiger partial charge in [0.1, 0.15) is 12.2 Å². The van der Waals surface area contributed by atoms with Crippen LogP contribution in [0.4, 0.5) is 0 Å². The first-order chi connectivity index (χ1) is 12.1. The van der Waals surface area contributed by atoms with E-state index in [1.54, 1.807) is 0 Å². The molecular weight excluding hydrogens is 316 g/mol. The van der Waals surface area contributed by atoms with E-state index >= 15 is 0 Å². The Morgan fingerprint density at radius 2 is 1.88 bits per heavy atom. The first kappa shape index (κ1) is 17.4. The number of likely N-dealkylation sites (N-methyl/N-ethyl adjacent to an activating group) is 1. The van der Waals surface area contributed by atoms with Gasteiger partial charge in [0, 0.05) is 12.6 Å². The predicted molar refractivity (Wildman–Crippen MR) is 96.0 cm³/mol. The Morgan fingerprint density at radius 3 is 2.64 bits per heavy atom. The van der Waals surface area contributed by atoms with Crippen molar-refractivity contribution in [2.45, 2.75) is 62.5 Å². The summed E-state index contributed by atoms with van der Waals surface area (Å²) in [5, 5.41) is 38.3. The molecule has 2 saturated carbocycles. The molecule has 0 radical (unpaired) electrons. The minimum atomic E-state index is -0.826. The standard InChI is InChI=1S/C20H30N2O3/c1-21-17-14-8-4-5-9-20(14,10-15(17)23)11-22-16-12-6-2-3-7-13(12)18(24)19(16)25/h2-3,6-7,14-19,21-25H,4-5,8-11H2,1H3/t14?,15-,16+,17?,18-,19+,20?/m1/s1. The van der Waals surface area contributed by atoms with Gasteiger partial charge >= 0.3 is 0 Å². The normalized spacial score (nSPS) is 43.0. The summed E-state index contributed by atoms with van der Waals surface area (Å²) in [6.45, 7) is 0.773. The highest BCUT2D eigenvalue weighted by Gasteiger charge is 2.53. The summed E-state index contributed by atoms with van der Waals surface area (Å²) in [4.78, 5) is 0. The van der Waals surface area contributed by atoms with Gasteiger partial charge in [-0.25, -0.2) is 0 Å². The third-order valence-electron chi connectivity index (χ3n) is 7.01. The van der Waals surface area contributed by atoms with Crippen molar-refractivity contribution in [3.8, 4) is 0 Å². The van der Waals surface area contributed by atoms with Gasteiger partial charge in [0.25, 0.3) is 0 Å². The number of hydrogen-bond acceptors (Lipinski definition) is 5. The second-order valence-electron chi connectivity index (χ2n) is 8.22. The van der Waals surface area contributed by atoms with Gasteiger partial charge in [-0.1, -0.05) is 37.1 Å². The maximum atomic E-state index is 10.5. The number of fused-ring (bicyclic) bond motifs is 2. The van der Waals surface area contributed by atoms with Gasteiger partial charge in [0.05, 0.1) is 12.1 Å². The second kappa shape index (κ2) is 6.63. The number of rotatable bonds is 4. The zero-order chi connectivity index (χ0) is 17.6. The largest absolute Gasteiger partial charge is 0.391 e. The molecule has 3 unspecified atom stereocenters. The minimum absolute atomic E-state index is 0.0769. The topological polar surface area (TPSA) is 84.8 Å². The van der Waals surface area contributed by atoms with Gasteiger partial charge < -0.3 is 26.0 Å². The number of aliphatic hydroxyl groups is 3. The molecule has 3 aliphatic rings. The van der Waals surface area contributed by atoms with E-state index in [-0.39, 0.29) is 23.6 Å². The molecule has 4 rings (SSSR count). The van der Waals surface area contributed by atoms with Crippen LogP contribution in [-0.2, 0) is 0 Å². The van der Waals surface area contributed by atoms with E-state index in [4.69, 9.17) is 0 Å². The summed E-state index contributed by atoms with van der Waals surface area (Å²) in [5.41, 5.74) is 1.90. The third kappa shape index (κ3) is 2.73. The molecule has 138 valence electrons. The molecule has 1 aromatic rings. The molecule has 5 heteroatoms. The zero-order valence-corrected chi connectivity index (χ0v) is 14.9. The van der Waals surface area contributed by atoms with Gasteiger partial charge in [0.15, 0.2) is 0 Å². The number of benzene rings is 1. The minimum Gasteiger partial charge on any atom is -0.391 e. The van der Waals surface area contributed by atoms with E-state index < -0.39 is 12.2 Å². The van der Waals surface area contributed by atoms with Crippen molar-refractivity contribution in [1.82, 2.24) is 10.6 Å². The van der Waals surface area contributed by atoms with Gasteiger partial charge in [-0.05, 0) is 48.8 Å². The molecule has 0 heterocycles. The Bertz CT molecular complexity index is 625. The molecule has 25 heavy (non-hydrogen) atoms. The Labute approximate surface area is 149 Å². The second-order valence-corrected chi connectivity index (χ2v) is 8.22. The maximum absolute atomic E-state index is 10.5. The lowest BCUT2D eigenvalue weighted by atomic mass is 9.67. The van der Waals surface area contributed by atoms with Crippen LogP contribution < -0.4 is 10.6 Å². The molecular formula is C20H30N2O3. The van der Waals surface area contributed by atoms with Crippen molar-refractivity contribution in [1.29, 1.82) is 0 Å². The predicted octanol–water partition coefficient (Wildman–Crippen LogP) is 1.25. The first-order valence-electron chi connectivity index (χ1n) is 9.61. The molecule has 7 atom stereocenters. The summed E-state index contributed by atoms with van der Waals surface area (Å²) in [5.74, 6) is 0.465. The average molecular weight is 346 g/mol. The maximum Gasteiger partial charge on any atom is 0.107 e. The van der Waals surface area contributed by atoms with Crippen LogP contribution >= 0.6 is 0 Å². The van der Waals surface area contributed by atoms with Crippen LogP contribution in [0.2, 0.25) is 0 Å². The van der Waals surface area contributed by atoms with Crippen molar-refractivity contribution in [3.63, 3.8) is 0 Å². The smallest absolute Gasteiger partial charge is 0.107 e.